The molecule has 0 saturated carbocycles. The molecule has 0 unspecified atom stereocenters. The number of fused-ring (bicyclic) bond motifs is 1. The molecule has 5 nitrogen and oxygen atoms in total. The number of carbonyl (C=O) groups is 1. The Kier molecular flexibility index (Phi) is 3.79. The van der Waals surface area contributed by atoms with E-state index in [4.69, 9.17) is 0 Å². The minimum atomic E-state index is -0.129. The lowest BCUT2D eigenvalue weighted by Gasteiger charge is -1.98. The fraction of sp³-hybridized carbons (Fsp3) is 0.300. The van der Waals surface area contributed by atoms with Gasteiger partial charge in [0.15, 0.2) is 0 Å². The van der Waals surface area contributed by atoms with E-state index in [1.54, 1.807) is 18.5 Å². The maximum atomic E-state index is 10.7. The second kappa shape index (κ2) is 5.09. The summed E-state index contributed by atoms with van der Waals surface area (Å²) in [5.41, 5.74) is 0.856. The Bertz CT molecular complexity index is 449. The first-order chi connectivity index (χ1) is 7.25. The molecule has 0 saturated heterocycles. The van der Waals surface area contributed by atoms with E-state index in [9.17, 15) is 4.79 Å². The number of anilines is 1. The number of aromatic nitrogens is 3. The molecule has 0 bridgehead atoms. The molecule has 0 radical (unpaired) electrons. The van der Waals surface area contributed by atoms with E-state index in [1.165, 1.54) is 6.92 Å². The first kappa shape index (κ1) is 11.2. The van der Waals surface area contributed by atoms with E-state index in [1.807, 2.05) is 13.8 Å². The Labute approximate surface area is 87.9 Å². The minimum Gasteiger partial charge on any atom is -0.311 e. The number of nitrogens with zero attached hydrogens (tertiary/aromatic N) is 2. The van der Waals surface area contributed by atoms with Crippen LogP contribution >= 0.6 is 0 Å². The SMILES string of the molecule is CC.CC(=O)Nc1cc2cn[nH]c2cn1. The van der Waals surface area contributed by atoms with Crippen molar-refractivity contribution in [1.82, 2.24) is 15.2 Å². The highest BCUT2D eigenvalue weighted by Gasteiger charge is 1.99. The van der Waals surface area contributed by atoms with Crippen molar-refractivity contribution < 1.29 is 4.79 Å². The molecule has 15 heavy (non-hydrogen) atoms. The van der Waals surface area contributed by atoms with Crippen LogP contribution in [0.15, 0.2) is 18.5 Å². The van der Waals surface area contributed by atoms with Gasteiger partial charge >= 0.3 is 0 Å². The van der Waals surface area contributed by atoms with Crippen molar-refractivity contribution in [2.75, 3.05) is 5.32 Å². The van der Waals surface area contributed by atoms with Gasteiger partial charge in [-0.1, -0.05) is 13.8 Å². The van der Waals surface area contributed by atoms with Crippen LogP contribution in [0, 0.1) is 0 Å². The van der Waals surface area contributed by atoms with Crippen LogP contribution in [0.25, 0.3) is 10.9 Å². The molecule has 80 valence electrons. The summed E-state index contributed by atoms with van der Waals surface area (Å²) in [4.78, 5) is 14.7. The third-order valence-electron chi connectivity index (χ3n) is 1.63. The predicted octanol–water partition coefficient (Wildman–Crippen LogP) is 1.94. The van der Waals surface area contributed by atoms with Crippen LogP contribution in [0.2, 0.25) is 0 Å². The highest BCUT2D eigenvalue weighted by molar-refractivity contribution is 5.90. The van der Waals surface area contributed by atoms with Gasteiger partial charge in [-0.2, -0.15) is 5.10 Å². The maximum Gasteiger partial charge on any atom is 0.222 e. The molecule has 2 aromatic heterocycles. The molecule has 5 heteroatoms. The molecule has 2 rings (SSSR count). The molecule has 0 aliphatic rings. The topological polar surface area (TPSA) is 70.7 Å². The van der Waals surface area contributed by atoms with Gasteiger partial charge < -0.3 is 5.32 Å². The lowest BCUT2D eigenvalue weighted by molar-refractivity contribution is -0.114. The summed E-state index contributed by atoms with van der Waals surface area (Å²) in [5, 5.41) is 10.1. The number of hydrogen-bond donors (Lipinski definition) is 2. The van der Waals surface area contributed by atoms with Crippen molar-refractivity contribution in [2.24, 2.45) is 0 Å². The molecule has 0 spiro atoms. The van der Waals surface area contributed by atoms with Gasteiger partial charge in [-0.05, 0) is 6.07 Å². The molecule has 0 fully saturated rings. The summed E-state index contributed by atoms with van der Waals surface area (Å²) in [5.74, 6) is 0.414. The Morgan fingerprint density at radius 3 is 2.80 bits per heavy atom. The standard InChI is InChI=1S/C8H8N4O.C2H6/c1-5(13)11-8-2-6-3-10-12-7(6)4-9-8;1-2/h2-4H,1H3,(H,10,12)(H,9,11,13);1-2H3. The van der Waals surface area contributed by atoms with E-state index in [-0.39, 0.29) is 5.91 Å². The molecule has 0 aliphatic carbocycles. The van der Waals surface area contributed by atoms with Gasteiger partial charge in [0, 0.05) is 12.3 Å². The third-order valence-corrected chi connectivity index (χ3v) is 1.63. The summed E-state index contributed by atoms with van der Waals surface area (Å²) in [7, 11) is 0. The predicted molar refractivity (Wildman–Crippen MR) is 59.5 cm³/mol. The van der Waals surface area contributed by atoms with Crippen molar-refractivity contribution >= 4 is 22.6 Å². The number of hydrogen-bond acceptors (Lipinski definition) is 3. The average molecular weight is 206 g/mol. The molecule has 2 aromatic rings. The molecule has 0 atom stereocenters. The zero-order valence-corrected chi connectivity index (χ0v) is 9.03. The van der Waals surface area contributed by atoms with Crippen molar-refractivity contribution in [2.45, 2.75) is 20.8 Å². The van der Waals surface area contributed by atoms with Crippen LogP contribution in [-0.4, -0.2) is 21.1 Å². The number of rotatable bonds is 1. The van der Waals surface area contributed by atoms with E-state index in [2.05, 4.69) is 20.5 Å². The fourth-order valence-corrected chi connectivity index (χ4v) is 1.09. The molecule has 2 heterocycles. The molecule has 1 amide bonds. The van der Waals surface area contributed by atoms with Crippen LogP contribution in [0.3, 0.4) is 0 Å². The molecule has 0 aliphatic heterocycles. The highest BCUT2D eigenvalue weighted by Crippen LogP contribution is 2.12. The second-order valence-electron chi connectivity index (χ2n) is 2.71. The van der Waals surface area contributed by atoms with Crippen molar-refractivity contribution in [1.29, 1.82) is 0 Å². The Morgan fingerprint density at radius 2 is 2.13 bits per heavy atom. The lowest BCUT2D eigenvalue weighted by atomic mass is 10.3. The summed E-state index contributed by atoms with van der Waals surface area (Å²) >= 11 is 0. The number of carbonyl (C=O) groups excluding carboxylic acids is 1. The Balaban J connectivity index is 0.000000531. The van der Waals surface area contributed by atoms with Crippen molar-refractivity contribution in [3.63, 3.8) is 0 Å². The summed E-state index contributed by atoms with van der Waals surface area (Å²) < 4.78 is 0. The molecular formula is C10H14N4O. The molecular weight excluding hydrogens is 192 g/mol. The number of amides is 1. The number of aromatic amines is 1. The van der Waals surface area contributed by atoms with Crippen molar-refractivity contribution in [3.05, 3.63) is 18.5 Å². The van der Waals surface area contributed by atoms with E-state index in [0.29, 0.717) is 5.82 Å². The normalized spacial score (nSPS) is 9.27. The van der Waals surface area contributed by atoms with Crippen LogP contribution in [0.1, 0.15) is 20.8 Å². The summed E-state index contributed by atoms with van der Waals surface area (Å²) in [6.45, 7) is 5.45. The Morgan fingerprint density at radius 1 is 1.40 bits per heavy atom. The van der Waals surface area contributed by atoms with Crippen LogP contribution < -0.4 is 5.32 Å². The van der Waals surface area contributed by atoms with Gasteiger partial charge in [0.2, 0.25) is 5.91 Å². The Hall–Kier alpha value is -1.91. The smallest absolute Gasteiger partial charge is 0.222 e. The number of pyridine rings is 1. The summed E-state index contributed by atoms with van der Waals surface area (Å²) in [6, 6.07) is 1.76. The lowest BCUT2D eigenvalue weighted by Crippen LogP contribution is -2.06. The quantitative estimate of drug-likeness (QED) is 0.749. The van der Waals surface area contributed by atoms with Gasteiger partial charge in [0.05, 0.1) is 17.9 Å². The second-order valence-corrected chi connectivity index (χ2v) is 2.71. The van der Waals surface area contributed by atoms with Gasteiger partial charge in [0.25, 0.3) is 0 Å². The van der Waals surface area contributed by atoms with Crippen LogP contribution in [-0.2, 0) is 4.79 Å². The van der Waals surface area contributed by atoms with Gasteiger partial charge in [-0.15, -0.1) is 0 Å². The molecule has 0 aromatic carbocycles. The highest BCUT2D eigenvalue weighted by atomic mass is 16.1. The van der Waals surface area contributed by atoms with Gasteiger partial charge in [-0.3, -0.25) is 9.89 Å². The first-order valence-electron chi connectivity index (χ1n) is 4.82. The number of nitrogens with one attached hydrogen (secondary N) is 2. The van der Waals surface area contributed by atoms with Crippen LogP contribution in [0.4, 0.5) is 5.82 Å². The largest absolute Gasteiger partial charge is 0.311 e. The molecule has 2 N–H and O–H groups in total. The van der Waals surface area contributed by atoms with Crippen molar-refractivity contribution in [3.8, 4) is 0 Å². The monoisotopic (exact) mass is 206 g/mol. The fourth-order valence-electron chi connectivity index (χ4n) is 1.09. The van der Waals surface area contributed by atoms with E-state index in [0.717, 1.165) is 10.9 Å². The van der Waals surface area contributed by atoms with E-state index >= 15 is 0 Å². The van der Waals surface area contributed by atoms with Gasteiger partial charge in [-0.25, -0.2) is 4.98 Å². The summed E-state index contributed by atoms with van der Waals surface area (Å²) in [6.07, 6.45) is 3.32. The first-order valence-corrected chi connectivity index (χ1v) is 4.82. The van der Waals surface area contributed by atoms with Crippen LogP contribution in [0.5, 0.6) is 0 Å². The zero-order valence-electron chi connectivity index (χ0n) is 9.03. The zero-order chi connectivity index (χ0) is 11.3. The third kappa shape index (κ3) is 2.77. The van der Waals surface area contributed by atoms with Gasteiger partial charge in [0.1, 0.15) is 5.82 Å². The average Bonchev–Trinajstić information content (AvgIpc) is 2.67. The van der Waals surface area contributed by atoms with E-state index < -0.39 is 0 Å². The maximum absolute atomic E-state index is 10.7. The number of H-pyrrole nitrogens is 1. The minimum absolute atomic E-state index is 0.129.